The number of aromatic nitrogens is 1. The van der Waals surface area contributed by atoms with Crippen molar-refractivity contribution in [2.24, 2.45) is 5.73 Å². The van der Waals surface area contributed by atoms with Gasteiger partial charge in [0.2, 0.25) is 0 Å². The minimum absolute atomic E-state index is 0.400. The zero-order valence-electron chi connectivity index (χ0n) is 10.9. The highest BCUT2D eigenvalue weighted by molar-refractivity contribution is 7.11. The third-order valence-electron chi connectivity index (χ3n) is 2.84. The fraction of sp³-hybridized carbons (Fsp3) is 0.357. The molecule has 1 aromatic heterocycles. The average Bonchev–Trinajstić information content (AvgIpc) is 2.77. The molecule has 2 aromatic rings. The lowest BCUT2D eigenvalue weighted by Gasteiger charge is -2.02. The summed E-state index contributed by atoms with van der Waals surface area (Å²) in [6, 6.07) is 5.69. The molecule has 0 radical (unpaired) electrons. The average molecular weight is 315 g/mol. The Balaban J connectivity index is 2.25. The number of thiazole rings is 1. The highest BCUT2D eigenvalue weighted by Gasteiger charge is 2.13. The molecule has 0 saturated heterocycles. The van der Waals surface area contributed by atoms with E-state index in [1.54, 1.807) is 11.3 Å². The van der Waals surface area contributed by atoms with Gasteiger partial charge < -0.3 is 5.73 Å². The van der Waals surface area contributed by atoms with Crippen LogP contribution in [-0.4, -0.2) is 4.98 Å². The van der Waals surface area contributed by atoms with Crippen LogP contribution in [0.4, 0.5) is 0 Å². The topological polar surface area (TPSA) is 38.9 Å². The van der Waals surface area contributed by atoms with Gasteiger partial charge in [0, 0.05) is 17.8 Å². The van der Waals surface area contributed by atoms with Gasteiger partial charge in [0.05, 0.1) is 20.7 Å². The maximum Gasteiger partial charge on any atom is 0.0975 e. The van der Waals surface area contributed by atoms with Gasteiger partial charge >= 0.3 is 0 Å². The van der Waals surface area contributed by atoms with E-state index >= 15 is 0 Å². The molecule has 1 aromatic carbocycles. The second kappa shape index (κ2) is 6.23. The van der Waals surface area contributed by atoms with E-state index in [-0.39, 0.29) is 0 Å². The van der Waals surface area contributed by atoms with Gasteiger partial charge in [-0.1, -0.05) is 43.1 Å². The highest BCUT2D eigenvalue weighted by atomic mass is 35.5. The van der Waals surface area contributed by atoms with Crippen molar-refractivity contribution in [3.8, 4) is 0 Å². The van der Waals surface area contributed by atoms with Crippen molar-refractivity contribution in [3.05, 3.63) is 49.4 Å². The van der Waals surface area contributed by atoms with E-state index in [4.69, 9.17) is 33.9 Å². The molecule has 0 fully saturated rings. The van der Waals surface area contributed by atoms with Gasteiger partial charge in [0.25, 0.3) is 0 Å². The van der Waals surface area contributed by atoms with Gasteiger partial charge in [-0.05, 0) is 23.6 Å². The molecule has 0 unspecified atom stereocenters. The molecule has 0 saturated carbocycles. The van der Waals surface area contributed by atoms with Crippen LogP contribution in [-0.2, 0) is 13.0 Å². The van der Waals surface area contributed by atoms with Gasteiger partial charge in [-0.2, -0.15) is 0 Å². The normalized spacial score (nSPS) is 11.3. The van der Waals surface area contributed by atoms with Crippen molar-refractivity contribution in [3.63, 3.8) is 0 Å². The number of hydrogen-bond donors (Lipinski definition) is 1. The second-order valence-electron chi connectivity index (χ2n) is 4.70. The minimum atomic E-state index is 0.400. The first kappa shape index (κ1) is 14.8. The van der Waals surface area contributed by atoms with Gasteiger partial charge in [0.1, 0.15) is 0 Å². The van der Waals surface area contributed by atoms with Crippen LogP contribution in [0.2, 0.25) is 10.0 Å². The Morgan fingerprint density at radius 2 is 2.00 bits per heavy atom. The van der Waals surface area contributed by atoms with Gasteiger partial charge in [-0.3, -0.25) is 0 Å². The monoisotopic (exact) mass is 314 g/mol. The largest absolute Gasteiger partial charge is 0.326 e. The molecule has 2 nitrogen and oxygen atoms in total. The minimum Gasteiger partial charge on any atom is -0.326 e. The predicted octanol–water partition coefficient (Wildman–Crippen LogP) is 4.62. The number of halogens is 2. The fourth-order valence-electron chi connectivity index (χ4n) is 1.91. The summed E-state index contributed by atoms with van der Waals surface area (Å²) in [5.74, 6) is 0.400. The van der Waals surface area contributed by atoms with Gasteiger partial charge in [-0.25, -0.2) is 4.98 Å². The van der Waals surface area contributed by atoms with Crippen LogP contribution in [0.3, 0.4) is 0 Å². The Hall–Kier alpha value is -0.610. The van der Waals surface area contributed by atoms with Crippen molar-refractivity contribution in [1.82, 2.24) is 4.98 Å². The molecular weight excluding hydrogens is 299 g/mol. The first-order valence-corrected chi connectivity index (χ1v) is 7.71. The molecule has 2 N–H and O–H groups in total. The summed E-state index contributed by atoms with van der Waals surface area (Å²) in [4.78, 5) is 5.86. The molecule has 0 bridgehead atoms. The molecular formula is C14H16Cl2N2S. The Morgan fingerprint density at radius 3 is 2.53 bits per heavy atom. The first-order chi connectivity index (χ1) is 9.01. The molecule has 1 heterocycles. The fourth-order valence-corrected chi connectivity index (χ4v) is 3.37. The van der Waals surface area contributed by atoms with Crippen LogP contribution in [0.15, 0.2) is 18.2 Å². The van der Waals surface area contributed by atoms with Crippen LogP contribution in [0, 0.1) is 0 Å². The van der Waals surface area contributed by atoms with Crippen molar-refractivity contribution in [2.75, 3.05) is 0 Å². The van der Waals surface area contributed by atoms with Crippen LogP contribution in [0.25, 0.3) is 0 Å². The van der Waals surface area contributed by atoms with Crippen LogP contribution in [0.1, 0.15) is 40.9 Å². The molecule has 2 rings (SSSR count). The maximum atomic E-state index is 6.03. The van der Waals surface area contributed by atoms with Gasteiger partial charge in [-0.15, -0.1) is 11.3 Å². The number of nitrogens with two attached hydrogens (primary N) is 1. The SMILES string of the molecule is CC(C)c1nc(Cc2ccc(Cl)c(Cl)c2)sc1CN. The summed E-state index contributed by atoms with van der Waals surface area (Å²) in [5, 5.41) is 2.23. The van der Waals surface area contributed by atoms with E-state index < -0.39 is 0 Å². The summed E-state index contributed by atoms with van der Waals surface area (Å²) in [5.41, 5.74) is 8.00. The lowest BCUT2D eigenvalue weighted by molar-refractivity contribution is 0.806. The zero-order chi connectivity index (χ0) is 14.0. The summed E-state index contributed by atoms with van der Waals surface area (Å²) >= 11 is 13.6. The van der Waals surface area contributed by atoms with Crippen LogP contribution < -0.4 is 5.73 Å². The zero-order valence-corrected chi connectivity index (χ0v) is 13.2. The lowest BCUT2D eigenvalue weighted by atomic mass is 10.1. The number of hydrogen-bond acceptors (Lipinski definition) is 3. The Bertz CT molecular complexity index is 579. The number of rotatable bonds is 4. The third-order valence-corrected chi connectivity index (χ3v) is 4.68. The quantitative estimate of drug-likeness (QED) is 0.894. The third kappa shape index (κ3) is 3.48. The smallest absolute Gasteiger partial charge is 0.0975 e. The molecule has 0 amide bonds. The molecule has 0 aliphatic heterocycles. The standard InChI is InChI=1S/C14H16Cl2N2S/c1-8(2)14-12(7-17)19-13(18-14)6-9-3-4-10(15)11(16)5-9/h3-5,8H,6-7,17H2,1-2H3. The van der Waals surface area contributed by atoms with E-state index in [1.807, 2.05) is 18.2 Å². The van der Waals surface area contributed by atoms with E-state index in [0.717, 1.165) is 22.7 Å². The van der Waals surface area contributed by atoms with Crippen molar-refractivity contribution in [2.45, 2.75) is 32.7 Å². The maximum absolute atomic E-state index is 6.03. The van der Waals surface area contributed by atoms with Gasteiger partial charge in [0.15, 0.2) is 0 Å². The van der Waals surface area contributed by atoms with E-state index in [2.05, 4.69) is 13.8 Å². The van der Waals surface area contributed by atoms with E-state index in [0.29, 0.717) is 22.5 Å². The van der Waals surface area contributed by atoms with Crippen molar-refractivity contribution in [1.29, 1.82) is 0 Å². The lowest BCUT2D eigenvalue weighted by Crippen LogP contribution is -1.99. The number of benzene rings is 1. The summed E-state index contributed by atoms with van der Waals surface area (Å²) in [6.07, 6.45) is 0.765. The number of nitrogens with zero attached hydrogens (tertiary/aromatic N) is 1. The molecule has 0 aliphatic carbocycles. The second-order valence-corrected chi connectivity index (χ2v) is 6.68. The molecule has 0 spiro atoms. The molecule has 0 atom stereocenters. The molecule has 0 aliphatic rings. The molecule has 5 heteroatoms. The Kier molecular flexibility index (Phi) is 4.85. The predicted molar refractivity (Wildman–Crippen MR) is 83.4 cm³/mol. The van der Waals surface area contributed by atoms with Crippen LogP contribution >= 0.6 is 34.5 Å². The molecule has 102 valence electrons. The van der Waals surface area contributed by atoms with Crippen molar-refractivity contribution < 1.29 is 0 Å². The van der Waals surface area contributed by atoms with Crippen LogP contribution in [0.5, 0.6) is 0 Å². The summed E-state index contributed by atoms with van der Waals surface area (Å²) in [6.45, 7) is 4.82. The van der Waals surface area contributed by atoms with Crippen molar-refractivity contribution >= 4 is 34.5 Å². The van der Waals surface area contributed by atoms with E-state index in [1.165, 1.54) is 4.88 Å². The Morgan fingerprint density at radius 1 is 1.26 bits per heavy atom. The van der Waals surface area contributed by atoms with E-state index in [9.17, 15) is 0 Å². The molecule has 19 heavy (non-hydrogen) atoms. The summed E-state index contributed by atoms with van der Waals surface area (Å²) in [7, 11) is 0. The first-order valence-electron chi connectivity index (χ1n) is 6.13. The summed E-state index contributed by atoms with van der Waals surface area (Å²) < 4.78 is 0. The highest BCUT2D eigenvalue weighted by Crippen LogP contribution is 2.28. The Labute approximate surface area is 127 Å².